The molecule has 0 aliphatic heterocycles. The van der Waals surface area contributed by atoms with Gasteiger partial charge in [-0.2, -0.15) is 0 Å². The van der Waals surface area contributed by atoms with Crippen molar-refractivity contribution in [2.45, 2.75) is 6.54 Å². The van der Waals surface area contributed by atoms with Gasteiger partial charge in [-0.15, -0.1) is 0 Å². The molecule has 3 N–H and O–H groups in total. The van der Waals surface area contributed by atoms with E-state index in [0.29, 0.717) is 16.8 Å². The predicted molar refractivity (Wildman–Crippen MR) is 73.4 cm³/mol. The van der Waals surface area contributed by atoms with Crippen LogP contribution in [0.2, 0.25) is 5.02 Å². The number of amides is 1. The molecular formula is C14H12ClFN2O. The normalized spacial score (nSPS) is 10.2. The minimum Gasteiger partial charge on any atom is -0.399 e. The molecule has 98 valence electrons. The highest BCUT2D eigenvalue weighted by Crippen LogP contribution is 2.19. The average molecular weight is 279 g/mol. The Bertz CT molecular complexity index is 616. The van der Waals surface area contributed by atoms with Crippen molar-refractivity contribution in [3.8, 4) is 0 Å². The van der Waals surface area contributed by atoms with Crippen molar-refractivity contribution >= 4 is 23.2 Å². The van der Waals surface area contributed by atoms with E-state index < -0.39 is 0 Å². The number of rotatable bonds is 3. The number of carbonyl (C=O) groups excluding carboxylic acids is 1. The first-order valence-corrected chi connectivity index (χ1v) is 6.02. The van der Waals surface area contributed by atoms with E-state index in [4.69, 9.17) is 17.3 Å². The molecule has 0 aliphatic carbocycles. The molecule has 0 fully saturated rings. The van der Waals surface area contributed by atoms with Gasteiger partial charge in [0.15, 0.2) is 0 Å². The van der Waals surface area contributed by atoms with Crippen LogP contribution in [0.25, 0.3) is 0 Å². The Morgan fingerprint density at radius 1 is 1.26 bits per heavy atom. The number of hydrogen-bond acceptors (Lipinski definition) is 2. The molecule has 0 bridgehead atoms. The molecule has 2 aromatic carbocycles. The number of hydrogen-bond donors (Lipinski definition) is 2. The average Bonchev–Trinajstić information content (AvgIpc) is 2.37. The van der Waals surface area contributed by atoms with Gasteiger partial charge in [0, 0.05) is 17.8 Å². The number of anilines is 1. The summed E-state index contributed by atoms with van der Waals surface area (Å²) in [5.41, 5.74) is 6.76. The van der Waals surface area contributed by atoms with Gasteiger partial charge < -0.3 is 11.1 Å². The summed E-state index contributed by atoms with van der Waals surface area (Å²) in [5, 5.41) is 2.88. The lowest BCUT2D eigenvalue weighted by atomic mass is 10.1. The Balaban J connectivity index is 2.08. The molecule has 0 saturated carbocycles. The molecule has 19 heavy (non-hydrogen) atoms. The summed E-state index contributed by atoms with van der Waals surface area (Å²) in [4.78, 5) is 11.9. The van der Waals surface area contributed by atoms with Gasteiger partial charge in [0.1, 0.15) is 5.82 Å². The number of carbonyl (C=O) groups is 1. The van der Waals surface area contributed by atoms with Crippen molar-refractivity contribution in [2.24, 2.45) is 0 Å². The zero-order chi connectivity index (χ0) is 13.8. The van der Waals surface area contributed by atoms with Gasteiger partial charge in [-0.25, -0.2) is 4.39 Å². The third-order valence-corrected chi connectivity index (χ3v) is 2.95. The van der Waals surface area contributed by atoms with Crippen LogP contribution in [-0.2, 0) is 6.54 Å². The van der Waals surface area contributed by atoms with E-state index in [1.807, 2.05) is 0 Å². The molecule has 0 heterocycles. The quantitative estimate of drug-likeness (QED) is 0.848. The Hall–Kier alpha value is -2.07. The smallest absolute Gasteiger partial charge is 0.253 e. The SMILES string of the molecule is Nc1ccc(C(=O)NCc2ccccc2F)c(Cl)c1. The molecule has 2 aromatic rings. The number of nitrogen functional groups attached to an aromatic ring is 1. The predicted octanol–water partition coefficient (Wildman–Crippen LogP) is 2.99. The van der Waals surface area contributed by atoms with Crippen LogP contribution in [0.5, 0.6) is 0 Å². The van der Waals surface area contributed by atoms with E-state index in [0.717, 1.165) is 0 Å². The van der Waals surface area contributed by atoms with Gasteiger partial charge in [-0.05, 0) is 24.3 Å². The van der Waals surface area contributed by atoms with E-state index in [1.165, 1.54) is 18.2 Å². The highest BCUT2D eigenvalue weighted by atomic mass is 35.5. The molecule has 0 unspecified atom stereocenters. The van der Waals surface area contributed by atoms with Crippen molar-refractivity contribution in [1.82, 2.24) is 5.32 Å². The molecule has 0 aliphatic rings. The summed E-state index contributed by atoms with van der Waals surface area (Å²) < 4.78 is 13.4. The molecule has 0 saturated heterocycles. The fourth-order valence-corrected chi connectivity index (χ4v) is 1.90. The summed E-state index contributed by atoms with van der Waals surface area (Å²) >= 11 is 5.92. The largest absolute Gasteiger partial charge is 0.399 e. The third kappa shape index (κ3) is 3.23. The zero-order valence-electron chi connectivity index (χ0n) is 9.99. The summed E-state index contributed by atoms with van der Waals surface area (Å²) in [6.45, 7) is 0.103. The highest BCUT2D eigenvalue weighted by Gasteiger charge is 2.10. The number of halogens is 2. The van der Waals surface area contributed by atoms with Crippen LogP contribution in [0.3, 0.4) is 0 Å². The highest BCUT2D eigenvalue weighted by molar-refractivity contribution is 6.34. The first kappa shape index (κ1) is 13.4. The fraction of sp³-hybridized carbons (Fsp3) is 0.0714. The van der Waals surface area contributed by atoms with Crippen LogP contribution in [0.4, 0.5) is 10.1 Å². The Kier molecular flexibility index (Phi) is 4.02. The molecular weight excluding hydrogens is 267 g/mol. The number of nitrogens with two attached hydrogens (primary N) is 1. The molecule has 3 nitrogen and oxygen atoms in total. The molecule has 2 rings (SSSR count). The number of nitrogens with one attached hydrogen (secondary N) is 1. The molecule has 1 amide bonds. The fourth-order valence-electron chi connectivity index (χ4n) is 1.63. The Morgan fingerprint density at radius 2 is 2.00 bits per heavy atom. The molecule has 5 heteroatoms. The Labute approximate surface area is 115 Å². The topological polar surface area (TPSA) is 55.1 Å². The molecule has 0 aromatic heterocycles. The van der Waals surface area contributed by atoms with Crippen LogP contribution in [-0.4, -0.2) is 5.91 Å². The van der Waals surface area contributed by atoms with E-state index in [-0.39, 0.29) is 23.3 Å². The standard InChI is InChI=1S/C14H12ClFN2O/c15-12-7-10(17)5-6-11(12)14(19)18-8-9-3-1-2-4-13(9)16/h1-7H,8,17H2,(H,18,19). The number of benzene rings is 2. The van der Waals surface area contributed by atoms with Gasteiger partial charge >= 0.3 is 0 Å². The van der Waals surface area contributed by atoms with Gasteiger partial charge in [0.25, 0.3) is 5.91 Å². The first-order chi connectivity index (χ1) is 9.08. The Morgan fingerprint density at radius 3 is 2.68 bits per heavy atom. The maximum Gasteiger partial charge on any atom is 0.253 e. The second-order valence-corrected chi connectivity index (χ2v) is 4.42. The van der Waals surface area contributed by atoms with Crippen LogP contribution in [0.15, 0.2) is 42.5 Å². The van der Waals surface area contributed by atoms with Crippen molar-refractivity contribution in [2.75, 3.05) is 5.73 Å². The maximum atomic E-state index is 13.4. The molecule has 0 radical (unpaired) electrons. The van der Waals surface area contributed by atoms with Crippen LogP contribution < -0.4 is 11.1 Å². The second kappa shape index (κ2) is 5.71. The van der Waals surface area contributed by atoms with E-state index in [2.05, 4.69) is 5.32 Å². The van der Waals surface area contributed by atoms with Gasteiger partial charge in [0.2, 0.25) is 0 Å². The first-order valence-electron chi connectivity index (χ1n) is 5.64. The summed E-state index contributed by atoms with van der Waals surface area (Å²) in [5.74, 6) is -0.723. The lowest BCUT2D eigenvalue weighted by Gasteiger charge is -2.08. The van der Waals surface area contributed by atoms with E-state index in [9.17, 15) is 9.18 Å². The van der Waals surface area contributed by atoms with Crippen molar-refractivity contribution in [1.29, 1.82) is 0 Å². The van der Waals surface area contributed by atoms with Crippen LogP contribution >= 0.6 is 11.6 Å². The minimum atomic E-state index is -0.367. The summed E-state index contributed by atoms with van der Waals surface area (Å²) in [7, 11) is 0. The lowest BCUT2D eigenvalue weighted by molar-refractivity contribution is 0.0951. The van der Waals surface area contributed by atoms with Crippen molar-refractivity contribution in [3.05, 3.63) is 64.4 Å². The van der Waals surface area contributed by atoms with E-state index >= 15 is 0 Å². The van der Waals surface area contributed by atoms with Crippen molar-refractivity contribution < 1.29 is 9.18 Å². The van der Waals surface area contributed by atoms with Gasteiger partial charge in [0.05, 0.1) is 10.6 Å². The zero-order valence-corrected chi connectivity index (χ0v) is 10.7. The monoisotopic (exact) mass is 278 g/mol. The molecule has 0 spiro atoms. The molecule has 0 atom stereocenters. The van der Waals surface area contributed by atoms with Gasteiger partial charge in [-0.1, -0.05) is 29.8 Å². The second-order valence-electron chi connectivity index (χ2n) is 4.01. The summed E-state index contributed by atoms with van der Waals surface area (Å²) in [6.07, 6.45) is 0. The van der Waals surface area contributed by atoms with Gasteiger partial charge in [-0.3, -0.25) is 4.79 Å². The minimum absolute atomic E-state index is 0.103. The van der Waals surface area contributed by atoms with Crippen LogP contribution in [0.1, 0.15) is 15.9 Å². The maximum absolute atomic E-state index is 13.4. The van der Waals surface area contributed by atoms with Crippen LogP contribution in [0, 0.1) is 5.82 Å². The van der Waals surface area contributed by atoms with Crippen molar-refractivity contribution in [3.63, 3.8) is 0 Å². The summed E-state index contributed by atoms with van der Waals surface area (Å²) in [6, 6.07) is 10.9. The van der Waals surface area contributed by atoms with E-state index in [1.54, 1.807) is 24.3 Å². The lowest BCUT2D eigenvalue weighted by Crippen LogP contribution is -2.23. The third-order valence-electron chi connectivity index (χ3n) is 2.64.